The molecule has 1 amide bonds. The Morgan fingerprint density at radius 2 is 1.89 bits per heavy atom. The maximum absolute atomic E-state index is 10.6. The van der Waals surface area contributed by atoms with Crippen LogP contribution >= 0.6 is 0 Å². The number of benzene rings is 2. The fourth-order valence-corrected chi connectivity index (χ4v) is 2.13. The first-order chi connectivity index (χ1) is 8.77. The van der Waals surface area contributed by atoms with Gasteiger partial charge >= 0.3 is 0 Å². The summed E-state index contributed by atoms with van der Waals surface area (Å²) in [7, 11) is 0. The molecule has 18 heavy (non-hydrogen) atoms. The van der Waals surface area contributed by atoms with E-state index in [0.29, 0.717) is 0 Å². The Morgan fingerprint density at radius 3 is 2.72 bits per heavy atom. The van der Waals surface area contributed by atoms with E-state index < -0.39 is 0 Å². The van der Waals surface area contributed by atoms with Crippen molar-refractivity contribution in [3.05, 3.63) is 48.0 Å². The second-order valence-corrected chi connectivity index (χ2v) is 4.38. The Morgan fingerprint density at radius 1 is 1.11 bits per heavy atom. The minimum absolute atomic E-state index is 0.259. The predicted molar refractivity (Wildman–Crippen MR) is 74.3 cm³/mol. The summed E-state index contributed by atoms with van der Waals surface area (Å²) in [4.78, 5) is 10.6. The zero-order valence-electron chi connectivity index (χ0n) is 10.4. The number of aryl methyl sites for hydroxylation is 1. The van der Waals surface area contributed by atoms with Gasteiger partial charge < -0.3 is 11.1 Å². The van der Waals surface area contributed by atoms with Gasteiger partial charge in [-0.15, -0.1) is 0 Å². The van der Waals surface area contributed by atoms with Gasteiger partial charge in [-0.1, -0.05) is 42.5 Å². The lowest BCUT2D eigenvalue weighted by atomic mass is 10.0. The average Bonchev–Trinajstić information content (AvgIpc) is 2.38. The van der Waals surface area contributed by atoms with Crippen molar-refractivity contribution in [2.24, 2.45) is 5.73 Å². The predicted octanol–water partition coefficient (Wildman–Crippen LogP) is 1.85. The Balaban J connectivity index is 1.93. The molecule has 0 atom stereocenters. The third kappa shape index (κ3) is 3.31. The number of carbonyl (C=O) groups excluding carboxylic acids is 1. The molecule has 0 spiro atoms. The van der Waals surface area contributed by atoms with E-state index in [1.807, 2.05) is 0 Å². The monoisotopic (exact) mass is 242 g/mol. The first kappa shape index (κ1) is 12.6. The van der Waals surface area contributed by atoms with Gasteiger partial charge in [0, 0.05) is 0 Å². The zero-order valence-corrected chi connectivity index (χ0v) is 10.4. The van der Waals surface area contributed by atoms with Crippen LogP contribution in [0, 0.1) is 0 Å². The van der Waals surface area contributed by atoms with Crippen molar-refractivity contribution < 1.29 is 4.79 Å². The van der Waals surface area contributed by atoms with Gasteiger partial charge in [-0.2, -0.15) is 0 Å². The number of nitrogens with one attached hydrogen (secondary N) is 1. The first-order valence-corrected chi connectivity index (χ1v) is 6.23. The van der Waals surface area contributed by atoms with Crippen LogP contribution in [-0.2, 0) is 11.2 Å². The van der Waals surface area contributed by atoms with Crippen LogP contribution in [0.5, 0.6) is 0 Å². The van der Waals surface area contributed by atoms with E-state index in [4.69, 9.17) is 5.73 Å². The van der Waals surface area contributed by atoms with Crippen molar-refractivity contribution in [1.29, 1.82) is 0 Å². The number of fused-ring (bicyclic) bond motifs is 1. The van der Waals surface area contributed by atoms with E-state index >= 15 is 0 Å². The Hall–Kier alpha value is -1.87. The first-order valence-electron chi connectivity index (χ1n) is 6.23. The zero-order chi connectivity index (χ0) is 12.8. The van der Waals surface area contributed by atoms with Crippen LogP contribution in [0.3, 0.4) is 0 Å². The quantitative estimate of drug-likeness (QED) is 0.759. The van der Waals surface area contributed by atoms with Crippen molar-refractivity contribution in [2.75, 3.05) is 13.1 Å². The SMILES string of the molecule is NC(=O)CNCCCc1cccc2ccccc12. The van der Waals surface area contributed by atoms with Gasteiger partial charge in [-0.3, -0.25) is 4.79 Å². The minimum atomic E-state index is -0.305. The third-order valence-electron chi connectivity index (χ3n) is 2.98. The molecule has 0 aromatic heterocycles. The molecule has 0 saturated heterocycles. The molecule has 2 rings (SSSR count). The molecule has 3 heteroatoms. The number of hydrogen-bond acceptors (Lipinski definition) is 2. The highest BCUT2D eigenvalue weighted by atomic mass is 16.1. The minimum Gasteiger partial charge on any atom is -0.369 e. The molecule has 3 N–H and O–H groups in total. The van der Waals surface area contributed by atoms with Gasteiger partial charge in [0.25, 0.3) is 0 Å². The lowest BCUT2D eigenvalue weighted by molar-refractivity contribution is -0.117. The van der Waals surface area contributed by atoms with Crippen LogP contribution in [0.1, 0.15) is 12.0 Å². The topological polar surface area (TPSA) is 55.1 Å². The van der Waals surface area contributed by atoms with E-state index in [1.54, 1.807) is 0 Å². The van der Waals surface area contributed by atoms with Gasteiger partial charge in [0.05, 0.1) is 6.54 Å². The molecule has 3 nitrogen and oxygen atoms in total. The number of hydrogen-bond donors (Lipinski definition) is 2. The Bertz CT molecular complexity index is 532. The Kier molecular flexibility index (Phi) is 4.31. The average molecular weight is 242 g/mol. The maximum atomic E-state index is 10.6. The molecular weight excluding hydrogens is 224 g/mol. The van der Waals surface area contributed by atoms with Gasteiger partial charge in [0.2, 0.25) is 5.91 Å². The molecule has 0 heterocycles. The molecule has 2 aromatic carbocycles. The van der Waals surface area contributed by atoms with E-state index in [1.165, 1.54) is 16.3 Å². The van der Waals surface area contributed by atoms with Crippen molar-refractivity contribution >= 4 is 16.7 Å². The summed E-state index contributed by atoms with van der Waals surface area (Å²) in [5, 5.41) is 5.62. The normalized spacial score (nSPS) is 10.7. The highest BCUT2D eigenvalue weighted by Gasteiger charge is 2.00. The molecular formula is C15H18N2O. The van der Waals surface area contributed by atoms with Crippen LogP contribution in [0.4, 0.5) is 0 Å². The summed E-state index contributed by atoms with van der Waals surface area (Å²) >= 11 is 0. The van der Waals surface area contributed by atoms with Crippen molar-refractivity contribution in [3.63, 3.8) is 0 Å². The number of nitrogens with two attached hydrogens (primary N) is 1. The lowest BCUT2D eigenvalue weighted by Crippen LogP contribution is -2.29. The number of primary amides is 1. The number of amides is 1. The van der Waals surface area contributed by atoms with Crippen molar-refractivity contribution in [1.82, 2.24) is 5.32 Å². The maximum Gasteiger partial charge on any atom is 0.231 e. The largest absolute Gasteiger partial charge is 0.369 e. The summed E-state index contributed by atoms with van der Waals surface area (Å²) in [5.74, 6) is -0.305. The fourth-order valence-electron chi connectivity index (χ4n) is 2.13. The molecule has 0 unspecified atom stereocenters. The molecule has 2 aromatic rings. The van der Waals surface area contributed by atoms with E-state index in [2.05, 4.69) is 47.8 Å². The molecule has 0 bridgehead atoms. The number of rotatable bonds is 6. The van der Waals surface area contributed by atoms with Crippen LogP contribution in [0.2, 0.25) is 0 Å². The summed E-state index contributed by atoms with van der Waals surface area (Å²) in [6.07, 6.45) is 2.01. The summed E-state index contributed by atoms with van der Waals surface area (Å²) in [6, 6.07) is 14.8. The van der Waals surface area contributed by atoms with Crippen molar-refractivity contribution in [2.45, 2.75) is 12.8 Å². The number of carbonyl (C=O) groups is 1. The second kappa shape index (κ2) is 6.17. The summed E-state index contributed by atoms with van der Waals surface area (Å²) in [6.45, 7) is 1.07. The van der Waals surface area contributed by atoms with Crippen LogP contribution in [0.15, 0.2) is 42.5 Å². The third-order valence-corrected chi connectivity index (χ3v) is 2.98. The smallest absolute Gasteiger partial charge is 0.231 e. The summed E-state index contributed by atoms with van der Waals surface area (Å²) < 4.78 is 0. The van der Waals surface area contributed by atoms with Crippen molar-refractivity contribution in [3.8, 4) is 0 Å². The molecule has 0 radical (unpaired) electrons. The van der Waals surface area contributed by atoms with E-state index in [-0.39, 0.29) is 12.5 Å². The molecule has 0 aliphatic rings. The molecule has 0 aliphatic carbocycles. The van der Waals surface area contributed by atoms with Crippen LogP contribution in [0.25, 0.3) is 10.8 Å². The van der Waals surface area contributed by atoms with Gasteiger partial charge in [0.1, 0.15) is 0 Å². The molecule has 0 saturated carbocycles. The summed E-state index contributed by atoms with van der Waals surface area (Å²) in [5.41, 5.74) is 6.41. The van der Waals surface area contributed by atoms with Crippen LogP contribution in [-0.4, -0.2) is 19.0 Å². The van der Waals surface area contributed by atoms with Gasteiger partial charge in [-0.05, 0) is 35.7 Å². The fraction of sp³-hybridized carbons (Fsp3) is 0.267. The van der Waals surface area contributed by atoms with E-state index in [0.717, 1.165) is 19.4 Å². The lowest BCUT2D eigenvalue weighted by Gasteiger charge is -2.06. The highest BCUT2D eigenvalue weighted by Crippen LogP contribution is 2.19. The van der Waals surface area contributed by atoms with E-state index in [9.17, 15) is 4.79 Å². The molecule has 0 aliphatic heterocycles. The molecule has 0 fully saturated rings. The van der Waals surface area contributed by atoms with Crippen LogP contribution < -0.4 is 11.1 Å². The van der Waals surface area contributed by atoms with Gasteiger partial charge in [-0.25, -0.2) is 0 Å². The highest BCUT2D eigenvalue weighted by molar-refractivity contribution is 5.85. The second-order valence-electron chi connectivity index (χ2n) is 4.38. The standard InChI is InChI=1S/C15H18N2O/c16-15(18)11-17-10-4-8-13-7-3-6-12-5-1-2-9-14(12)13/h1-3,5-7,9,17H,4,8,10-11H2,(H2,16,18). The van der Waals surface area contributed by atoms with Gasteiger partial charge in [0.15, 0.2) is 0 Å². The molecule has 94 valence electrons. The Labute approximate surface area is 107 Å².